The Hall–Kier alpha value is -3.06. The molecular formula is C23H25N3O3S. The molecule has 3 aromatic rings. The Balaban J connectivity index is 1.73. The van der Waals surface area contributed by atoms with E-state index in [1.165, 1.54) is 7.11 Å². The van der Waals surface area contributed by atoms with Crippen molar-refractivity contribution in [2.75, 3.05) is 18.7 Å². The third kappa shape index (κ3) is 4.91. The van der Waals surface area contributed by atoms with Crippen molar-refractivity contribution in [1.82, 2.24) is 9.78 Å². The molecule has 2 aromatic carbocycles. The molecule has 0 bridgehead atoms. The molecule has 30 heavy (non-hydrogen) atoms. The van der Waals surface area contributed by atoms with Gasteiger partial charge in [0.15, 0.2) is 0 Å². The summed E-state index contributed by atoms with van der Waals surface area (Å²) in [5, 5.41) is 7.52. The predicted octanol–water partition coefficient (Wildman–Crippen LogP) is 4.57. The van der Waals surface area contributed by atoms with Crippen molar-refractivity contribution in [3.05, 3.63) is 71.0 Å². The summed E-state index contributed by atoms with van der Waals surface area (Å²) in [6.07, 6.45) is 2.92. The van der Waals surface area contributed by atoms with Crippen LogP contribution in [0.4, 0.5) is 5.69 Å². The zero-order valence-corrected chi connectivity index (χ0v) is 18.4. The van der Waals surface area contributed by atoms with Gasteiger partial charge < -0.3 is 10.1 Å². The maximum atomic E-state index is 12.5. The average Bonchev–Trinajstić information content (AvgIpc) is 3.06. The number of carbonyl (C=O) groups excluding carboxylic acids is 2. The van der Waals surface area contributed by atoms with E-state index in [0.29, 0.717) is 18.4 Å². The van der Waals surface area contributed by atoms with Crippen molar-refractivity contribution < 1.29 is 14.3 Å². The number of methoxy groups -OCH3 is 1. The molecule has 1 N–H and O–H groups in total. The summed E-state index contributed by atoms with van der Waals surface area (Å²) in [5.74, 6) is -0.398. The van der Waals surface area contributed by atoms with Crippen molar-refractivity contribution in [3.63, 3.8) is 0 Å². The van der Waals surface area contributed by atoms with E-state index in [-0.39, 0.29) is 11.9 Å². The van der Waals surface area contributed by atoms with Crippen LogP contribution in [0.15, 0.2) is 53.4 Å². The number of amides is 1. The molecule has 0 atom stereocenters. The maximum absolute atomic E-state index is 12.5. The number of aromatic nitrogens is 2. The quantitative estimate of drug-likeness (QED) is 0.445. The number of hydrogen-bond acceptors (Lipinski definition) is 5. The molecule has 0 aliphatic heterocycles. The van der Waals surface area contributed by atoms with Crippen LogP contribution in [0.5, 0.6) is 0 Å². The van der Waals surface area contributed by atoms with Gasteiger partial charge in [-0.05, 0) is 80.6 Å². The lowest BCUT2D eigenvalue weighted by Crippen LogP contribution is -2.12. The van der Waals surface area contributed by atoms with E-state index in [1.54, 1.807) is 23.9 Å². The number of ether oxygens (including phenoxy) is 1. The molecule has 0 saturated carbocycles. The van der Waals surface area contributed by atoms with Crippen LogP contribution < -0.4 is 5.32 Å². The fourth-order valence-corrected chi connectivity index (χ4v) is 3.66. The predicted molar refractivity (Wildman–Crippen MR) is 120 cm³/mol. The van der Waals surface area contributed by atoms with Crippen LogP contribution in [0, 0.1) is 13.8 Å². The number of benzene rings is 2. The van der Waals surface area contributed by atoms with Crippen LogP contribution in [-0.2, 0) is 16.0 Å². The van der Waals surface area contributed by atoms with Crippen molar-refractivity contribution in [3.8, 4) is 5.69 Å². The molecular weight excluding hydrogens is 398 g/mol. The topological polar surface area (TPSA) is 73.2 Å². The Morgan fingerprint density at radius 3 is 2.33 bits per heavy atom. The van der Waals surface area contributed by atoms with Gasteiger partial charge in [0.05, 0.1) is 18.5 Å². The van der Waals surface area contributed by atoms with Crippen molar-refractivity contribution in [2.45, 2.75) is 31.6 Å². The van der Waals surface area contributed by atoms with E-state index < -0.39 is 0 Å². The summed E-state index contributed by atoms with van der Waals surface area (Å²) in [4.78, 5) is 25.1. The summed E-state index contributed by atoms with van der Waals surface area (Å²) in [6.45, 7) is 3.91. The van der Waals surface area contributed by atoms with Crippen molar-refractivity contribution in [1.29, 1.82) is 0 Å². The molecule has 0 spiro atoms. The maximum Gasteiger partial charge on any atom is 0.305 e. The van der Waals surface area contributed by atoms with Crippen LogP contribution in [0.3, 0.4) is 0 Å². The molecule has 3 rings (SSSR count). The van der Waals surface area contributed by atoms with Crippen molar-refractivity contribution in [2.24, 2.45) is 0 Å². The Labute approximate surface area is 180 Å². The molecule has 1 amide bonds. The monoisotopic (exact) mass is 423 g/mol. The van der Waals surface area contributed by atoms with Gasteiger partial charge in [-0.2, -0.15) is 5.10 Å². The summed E-state index contributed by atoms with van der Waals surface area (Å²) in [6, 6.07) is 15.0. The van der Waals surface area contributed by atoms with Crippen LogP contribution in [-0.4, -0.2) is 35.0 Å². The molecule has 0 fully saturated rings. The second-order valence-corrected chi connectivity index (χ2v) is 7.75. The van der Waals surface area contributed by atoms with Gasteiger partial charge in [0.25, 0.3) is 5.91 Å². The zero-order chi connectivity index (χ0) is 21.7. The second-order valence-electron chi connectivity index (χ2n) is 6.87. The highest BCUT2D eigenvalue weighted by molar-refractivity contribution is 7.98. The third-order valence-electron chi connectivity index (χ3n) is 4.97. The van der Waals surface area contributed by atoms with E-state index in [4.69, 9.17) is 4.74 Å². The minimum Gasteiger partial charge on any atom is -0.469 e. The normalized spacial score (nSPS) is 10.7. The molecule has 0 aliphatic rings. The van der Waals surface area contributed by atoms with E-state index >= 15 is 0 Å². The van der Waals surface area contributed by atoms with Crippen LogP contribution in [0.25, 0.3) is 5.69 Å². The Morgan fingerprint density at radius 2 is 1.73 bits per heavy atom. The summed E-state index contributed by atoms with van der Waals surface area (Å²) in [5.41, 5.74) is 5.09. The number of carbonyl (C=O) groups is 2. The molecule has 1 aromatic heterocycles. The van der Waals surface area contributed by atoms with Gasteiger partial charge in [0, 0.05) is 28.3 Å². The Morgan fingerprint density at radius 1 is 1.07 bits per heavy atom. The lowest BCUT2D eigenvalue weighted by molar-refractivity contribution is -0.140. The van der Waals surface area contributed by atoms with E-state index in [9.17, 15) is 9.59 Å². The highest BCUT2D eigenvalue weighted by Gasteiger charge is 2.15. The number of hydrogen-bond donors (Lipinski definition) is 1. The lowest BCUT2D eigenvalue weighted by Gasteiger charge is -2.08. The van der Waals surface area contributed by atoms with Gasteiger partial charge in [0.2, 0.25) is 0 Å². The average molecular weight is 424 g/mol. The number of aryl methyl sites for hydroxylation is 1. The van der Waals surface area contributed by atoms with E-state index in [1.807, 2.05) is 61.2 Å². The lowest BCUT2D eigenvalue weighted by atomic mass is 10.1. The molecule has 0 radical (unpaired) electrons. The third-order valence-corrected chi connectivity index (χ3v) is 5.71. The molecule has 0 saturated heterocycles. The Bertz CT molecular complexity index is 1040. The number of nitrogens with zero attached hydrogens (tertiary/aromatic N) is 2. The van der Waals surface area contributed by atoms with Gasteiger partial charge in [-0.1, -0.05) is 0 Å². The minimum atomic E-state index is -0.236. The summed E-state index contributed by atoms with van der Waals surface area (Å²) < 4.78 is 6.57. The van der Waals surface area contributed by atoms with Gasteiger partial charge in [-0.15, -0.1) is 11.8 Å². The Kier molecular flexibility index (Phi) is 6.95. The van der Waals surface area contributed by atoms with Crippen LogP contribution >= 0.6 is 11.8 Å². The fourth-order valence-electron chi connectivity index (χ4n) is 3.25. The number of esters is 1. The van der Waals surface area contributed by atoms with Crippen LogP contribution in [0.1, 0.15) is 33.7 Å². The summed E-state index contributed by atoms with van der Waals surface area (Å²) in [7, 11) is 1.39. The number of rotatable bonds is 7. The highest BCUT2D eigenvalue weighted by atomic mass is 32.2. The summed E-state index contributed by atoms with van der Waals surface area (Å²) >= 11 is 1.66. The minimum absolute atomic E-state index is 0.161. The first-order valence-electron chi connectivity index (χ1n) is 9.60. The highest BCUT2D eigenvalue weighted by Crippen LogP contribution is 2.21. The SMILES string of the molecule is COC(=O)CCc1c(C)nn(-c2ccc(C(=O)Nc3ccc(SC)cc3)cc2)c1C. The van der Waals surface area contributed by atoms with E-state index in [0.717, 1.165) is 33.2 Å². The molecule has 0 unspecified atom stereocenters. The molecule has 6 nitrogen and oxygen atoms in total. The van der Waals surface area contributed by atoms with E-state index in [2.05, 4.69) is 10.4 Å². The second kappa shape index (κ2) is 9.63. The first-order valence-corrected chi connectivity index (χ1v) is 10.8. The first-order chi connectivity index (χ1) is 14.4. The molecule has 156 valence electrons. The van der Waals surface area contributed by atoms with Gasteiger partial charge in [0.1, 0.15) is 0 Å². The number of anilines is 1. The largest absolute Gasteiger partial charge is 0.469 e. The smallest absolute Gasteiger partial charge is 0.305 e. The molecule has 0 aliphatic carbocycles. The zero-order valence-electron chi connectivity index (χ0n) is 17.6. The van der Waals surface area contributed by atoms with Gasteiger partial charge >= 0.3 is 5.97 Å². The standard InChI is InChI=1S/C23H25N3O3S/c1-15-21(13-14-22(27)29-3)16(2)26(25-15)19-9-5-17(6-10-19)23(28)24-18-7-11-20(30-4)12-8-18/h5-12H,13-14H2,1-4H3,(H,24,28). The van der Waals surface area contributed by atoms with Crippen molar-refractivity contribution >= 4 is 29.3 Å². The fraction of sp³-hybridized carbons (Fsp3) is 0.261. The van der Waals surface area contributed by atoms with Crippen LogP contribution in [0.2, 0.25) is 0 Å². The van der Waals surface area contributed by atoms with Gasteiger partial charge in [-0.25, -0.2) is 4.68 Å². The number of thioether (sulfide) groups is 1. The number of nitrogens with one attached hydrogen (secondary N) is 1. The van der Waals surface area contributed by atoms with Gasteiger partial charge in [-0.3, -0.25) is 9.59 Å². The molecule has 7 heteroatoms. The molecule has 1 heterocycles. The first kappa shape index (κ1) is 21.6.